The summed E-state index contributed by atoms with van der Waals surface area (Å²) in [7, 11) is 0. The van der Waals surface area contributed by atoms with Crippen LogP contribution >= 0.6 is 0 Å². The molecule has 0 saturated heterocycles. The standard InChI is InChI=1S/C47H31N5O/c48-39-20-18-33(28-40(39)50-31-9-2-1-3-10-31)52-42-14-7-5-12-35(42)37-26-30(17-22-44(37)52)29-16-21-43-36(25-29)34-11-4-6-13-41(34)51(43)32-19-23-45-38(27-32)47-46(53-45)15-8-24-49-47/h1-28,50H,48H2. The third kappa shape index (κ3) is 4.56. The van der Waals surface area contributed by atoms with Crippen molar-refractivity contribution < 1.29 is 4.42 Å². The highest BCUT2D eigenvalue weighted by atomic mass is 16.3. The summed E-state index contributed by atoms with van der Waals surface area (Å²) >= 11 is 0. The molecule has 0 aliphatic carbocycles. The maximum Gasteiger partial charge on any atom is 0.153 e. The molecule has 4 heterocycles. The lowest BCUT2D eigenvalue weighted by Gasteiger charge is -2.14. The number of furan rings is 1. The van der Waals surface area contributed by atoms with Crippen molar-refractivity contribution in [3.63, 3.8) is 0 Å². The summed E-state index contributed by atoms with van der Waals surface area (Å²) in [4.78, 5) is 4.63. The number of hydrogen-bond acceptors (Lipinski definition) is 4. The van der Waals surface area contributed by atoms with Gasteiger partial charge in [-0.2, -0.15) is 0 Å². The van der Waals surface area contributed by atoms with Crippen LogP contribution in [0.1, 0.15) is 0 Å². The van der Waals surface area contributed by atoms with E-state index in [0.717, 1.165) is 66.9 Å². The van der Waals surface area contributed by atoms with Gasteiger partial charge in [-0.15, -0.1) is 0 Å². The molecule has 0 bridgehead atoms. The zero-order valence-corrected chi connectivity index (χ0v) is 28.5. The Hall–Kier alpha value is -7.31. The minimum absolute atomic E-state index is 0.699. The average Bonchev–Trinajstić information content (AvgIpc) is 3.86. The highest BCUT2D eigenvalue weighted by molar-refractivity contribution is 6.13. The number of anilines is 3. The van der Waals surface area contributed by atoms with Gasteiger partial charge in [0.25, 0.3) is 0 Å². The molecule has 0 amide bonds. The first-order chi connectivity index (χ1) is 26.2. The smallest absolute Gasteiger partial charge is 0.153 e. The minimum Gasteiger partial charge on any atom is -0.454 e. The van der Waals surface area contributed by atoms with Crippen molar-refractivity contribution in [2.75, 3.05) is 11.1 Å². The van der Waals surface area contributed by atoms with E-state index >= 15 is 0 Å². The normalized spacial score (nSPS) is 11.8. The molecule has 0 aliphatic heterocycles. The number of rotatable bonds is 5. The van der Waals surface area contributed by atoms with E-state index in [2.05, 4.69) is 135 Å². The van der Waals surface area contributed by atoms with Gasteiger partial charge in [-0.25, -0.2) is 0 Å². The van der Waals surface area contributed by atoms with Crippen LogP contribution in [0.5, 0.6) is 0 Å². The molecule has 7 aromatic carbocycles. The predicted molar refractivity (Wildman–Crippen MR) is 220 cm³/mol. The highest BCUT2D eigenvalue weighted by Crippen LogP contribution is 2.40. The quantitative estimate of drug-likeness (QED) is 0.177. The maximum atomic E-state index is 6.47. The van der Waals surface area contributed by atoms with Crippen LogP contribution in [-0.2, 0) is 0 Å². The Bertz CT molecular complexity index is 3220. The Morgan fingerprint density at radius 2 is 1.08 bits per heavy atom. The van der Waals surface area contributed by atoms with Gasteiger partial charge in [0.15, 0.2) is 5.58 Å². The lowest BCUT2D eigenvalue weighted by atomic mass is 10.0. The molecular formula is C47H31N5O. The molecule has 0 saturated carbocycles. The summed E-state index contributed by atoms with van der Waals surface area (Å²) in [5.41, 5.74) is 20.6. The number of nitrogen functional groups attached to an aromatic ring is 1. The van der Waals surface area contributed by atoms with Crippen LogP contribution in [0.2, 0.25) is 0 Å². The lowest BCUT2D eigenvalue weighted by Crippen LogP contribution is -2.00. The second kappa shape index (κ2) is 11.4. The van der Waals surface area contributed by atoms with E-state index in [1.165, 1.54) is 32.7 Å². The zero-order valence-electron chi connectivity index (χ0n) is 28.5. The summed E-state index contributed by atoms with van der Waals surface area (Å²) in [5, 5.41) is 9.33. The Kier molecular flexibility index (Phi) is 6.30. The van der Waals surface area contributed by atoms with Gasteiger partial charge in [-0.3, -0.25) is 4.98 Å². The Balaban J connectivity index is 1.05. The summed E-state index contributed by atoms with van der Waals surface area (Å²) in [6, 6.07) is 57.5. The monoisotopic (exact) mass is 681 g/mol. The molecule has 4 aromatic heterocycles. The number of hydrogen-bond donors (Lipinski definition) is 2. The van der Waals surface area contributed by atoms with Gasteiger partial charge in [0.05, 0.1) is 33.4 Å². The van der Waals surface area contributed by atoms with Crippen LogP contribution < -0.4 is 11.1 Å². The van der Waals surface area contributed by atoms with Crippen molar-refractivity contribution in [1.82, 2.24) is 14.1 Å². The second-order valence-electron chi connectivity index (χ2n) is 13.6. The molecule has 0 radical (unpaired) electrons. The van der Waals surface area contributed by atoms with Gasteiger partial charge in [-0.05, 0) is 108 Å². The van der Waals surface area contributed by atoms with Crippen molar-refractivity contribution in [3.8, 4) is 22.5 Å². The van der Waals surface area contributed by atoms with Gasteiger partial charge >= 0.3 is 0 Å². The first-order valence-corrected chi connectivity index (χ1v) is 17.7. The van der Waals surface area contributed by atoms with E-state index in [4.69, 9.17) is 10.2 Å². The van der Waals surface area contributed by atoms with Crippen LogP contribution in [0.15, 0.2) is 174 Å². The van der Waals surface area contributed by atoms with Gasteiger partial charge < -0.3 is 24.6 Å². The Morgan fingerprint density at radius 1 is 0.472 bits per heavy atom. The van der Waals surface area contributed by atoms with Gasteiger partial charge in [0, 0.05) is 50.2 Å². The number of fused-ring (bicyclic) bond motifs is 9. The first kappa shape index (κ1) is 29.4. The number of pyridine rings is 1. The molecule has 53 heavy (non-hydrogen) atoms. The van der Waals surface area contributed by atoms with E-state index in [9.17, 15) is 0 Å². The van der Waals surface area contributed by atoms with Crippen molar-refractivity contribution in [2.45, 2.75) is 0 Å². The Labute approximate surface area is 303 Å². The highest BCUT2D eigenvalue weighted by Gasteiger charge is 2.18. The van der Waals surface area contributed by atoms with Crippen LogP contribution in [0.3, 0.4) is 0 Å². The van der Waals surface area contributed by atoms with Crippen molar-refractivity contribution in [1.29, 1.82) is 0 Å². The molecule has 6 nitrogen and oxygen atoms in total. The molecule has 11 rings (SSSR count). The van der Waals surface area contributed by atoms with Gasteiger partial charge in [0.2, 0.25) is 0 Å². The van der Waals surface area contributed by atoms with E-state index in [1.807, 2.05) is 54.7 Å². The van der Waals surface area contributed by atoms with E-state index in [-0.39, 0.29) is 0 Å². The van der Waals surface area contributed by atoms with E-state index in [0.29, 0.717) is 5.69 Å². The average molecular weight is 682 g/mol. The van der Waals surface area contributed by atoms with Crippen LogP contribution in [0.25, 0.3) is 88.2 Å². The fourth-order valence-electron chi connectivity index (χ4n) is 8.05. The number of nitrogens with one attached hydrogen (secondary N) is 1. The Morgan fingerprint density at radius 3 is 1.77 bits per heavy atom. The number of para-hydroxylation sites is 3. The maximum absolute atomic E-state index is 6.47. The van der Waals surface area contributed by atoms with Crippen molar-refractivity contribution in [3.05, 3.63) is 170 Å². The molecule has 6 heteroatoms. The zero-order chi connectivity index (χ0) is 35.0. The molecule has 250 valence electrons. The SMILES string of the molecule is Nc1ccc(-n2c3ccccc3c3cc(-c4ccc5c(c4)c4ccccc4n5-c4ccc5oc6cccnc6c5c4)ccc32)cc1Nc1ccccc1. The fourth-order valence-corrected chi connectivity index (χ4v) is 8.05. The summed E-state index contributed by atoms with van der Waals surface area (Å²) in [5.74, 6) is 0. The van der Waals surface area contributed by atoms with Crippen molar-refractivity contribution >= 4 is 82.7 Å². The van der Waals surface area contributed by atoms with Crippen LogP contribution in [0, 0.1) is 0 Å². The van der Waals surface area contributed by atoms with Crippen LogP contribution in [0.4, 0.5) is 17.1 Å². The molecular weight excluding hydrogens is 651 g/mol. The number of nitrogens with two attached hydrogens (primary N) is 1. The summed E-state index contributed by atoms with van der Waals surface area (Å²) in [6.45, 7) is 0. The molecule has 0 unspecified atom stereocenters. The first-order valence-electron chi connectivity index (χ1n) is 17.7. The molecule has 0 fully saturated rings. The number of nitrogens with zero attached hydrogens (tertiary/aromatic N) is 3. The lowest BCUT2D eigenvalue weighted by molar-refractivity contribution is 0.668. The minimum atomic E-state index is 0.699. The molecule has 3 N–H and O–H groups in total. The third-order valence-electron chi connectivity index (χ3n) is 10.5. The third-order valence-corrected chi connectivity index (χ3v) is 10.5. The molecule has 0 atom stereocenters. The van der Waals surface area contributed by atoms with E-state index in [1.54, 1.807) is 0 Å². The largest absolute Gasteiger partial charge is 0.454 e. The predicted octanol–water partition coefficient (Wildman–Crippen LogP) is 12.2. The summed E-state index contributed by atoms with van der Waals surface area (Å²) in [6.07, 6.45) is 1.82. The molecule has 11 aromatic rings. The van der Waals surface area contributed by atoms with Crippen molar-refractivity contribution in [2.24, 2.45) is 0 Å². The second-order valence-corrected chi connectivity index (χ2v) is 13.6. The summed E-state index contributed by atoms with van der Waals surface area (Å²) < 4.78 is 10.8. The van der Waals surface area contributed by atoms with Crippen LogP contribution in [-0.4, -0.2) is 14.1 Å². The van der Waals surface area contributed by atoms with Gasteiger partial charge in [-0.1, -0.05) is 66.7 Å². The number of aromatic nitrogens is 3. The topological polar surface area (TPSA) is 73.9 Å². The van der Waals surface area contributed by atoms with E-state index < -0.39 is 0 Å². The molecule has 0 aliphatic rings. The fraction of sp³-hybridized carbons (Fsp3) is 0. The molecule has 0 spiro atoms. The van der Waals surface area contributed by atoms with Gasteiger partial charge in [0.1, 0.15) is 11.1 Å². The number of benzene rings is 7.